The minimum absolute atomic E-state index is 0.0399. The van der Waals surface area contributed by atoms with E-state index in [4.69, 9.17) is 11.5 Å². The highest BCUT2D eigenvalue weighted by atomic mass is 16.2. The summed E-state index contributed by atoms with van der Waals surface area (Å²) >= 11 is 0. The van der Waals surface area contributed by atoms with Crippen LogP contribution in [0.25, 0.3) is 44.1 Å². The van der Waals surface area contributed by atoms with Crippen LogP contribution >= 0.6 is 0 Å². The molecule has 0 spiro atoms. The van der Waals surface area contributed by atoms with Gasteiger partial charge in [0.2, 0.25) is 11.8 Å². The number of anilines is 8. The number of carbonyl (C=O) groups is 2. The summed E-state index contributed by atoms with van der Waals surface area (Å²) in [7, 11) is 3.62. The second kappa shape index (κ2) is 19.0. The number of hydrogen-bond acceptors (Lipinski definition) is 18. The molecular weight excluding hydrogens is 937 g/mol. The topological polar surface area (TPSA) is 301 Å². The maximum absolute atomic E-state index is 12.2. The zero-order valence-corrected chi connectivity index (χ0v) is 41.2. The monoisotopic (exact) mass is 988 g/mol. The summed E-state index contributed by atoms with van der Waals surface area (Å²) in [5.74, 6) is 2.90. The Kier molecular flexibility index (Phi) is 12.0. The van der Waals surface area contributed by atoms with Crippen LogP contribution in [0.5, 0.6) is 0 Å². The van der Waals surface area contributed by atoms with Crippen molar-refractivity contribution in [1.82, 2.24) is 59.3 Å². The van der Waals surface area contributed by atoms with Crippen molar-refractivity contribution < 1.29 is 9.59 Å². The molecule has 0 saturated carbocycles. The molecule has 0 bridgehead atoms. The van der Waals surface area contributed by atoms with Gasteiger partial charge in [-0.2, -0.15) is 20.7 Å². The van der Waals surface area contributed by atoms with E-state index < -0.39 is 0 Å². The largest absolute Gasteiger partial charge is 0.383 e. The Morgan fingerprint density at radius 2 is 1.04 bits per heavy atom. The van der Waals surface area contributed by atoms with Gasteiger partial charge < -0.3 is 42.5 Å². The molecule has 22 nitrogen and oxygen atoms in total. The highest BCUT2D eigenvalue weighted by Crippen LogP contribution is 2.40. The summed E-state index contributed by atoms with van der Waals surface area (Å²) in [6, 6.07) is 16.4. The van der Waals surface area contributed by atoms with Gasteiger partial charge in [0, 0.05) is 123 Å². The third kappa shape index (κ3) is 8.75. The van der Waals surface area contributed by atoms with Gasteiger partial charge in [0.1, 0.15) is 36.4 Å². The minimum Gasteiger partial charge on any atom is -0.383 e. The minimum atomic E-state index is -0.213. The van der Waals surface area contributed by atoms with E-state index in [2.05, 4.69) is 73.5 Å². The number of likely N-dealkylation sites (N-methyl/N-ethyl adjacent to an activating group) is 2. The van der Waals surface area contributed by atoms with Crippen molar-refractivity contribution in [3.05, 3.63) is 95.1 Å². The Hall–Kier alpha value is -9.44. The second-order valence-corrected chi connectivity index (χ2v) is 19.0. The number of pyridine rings is 6. The first-order valence-electron chi connectivity index (χ1n) is 24.4. The van der Waals surface area contributed by atoms with Crippen LogP contribution in [0.2, 0.25) is 0 Å². The van der Waals surface area contributed by atoms with Crippen molar-refractivity contribution in [1.29, 1.82) is 10.5 Å². The van der Waals surface area contributed by atoms with E-state index in [-0.39, 0.29) is 36.7 Å². The van der Waals surface area contributed by atoms with Gasteiger partial charge in [-0.15, -0.1) is 0 Å². The fourth-order valence-electron chi connectivity index (χ4n) is 9.99. The quantitative estimate of drug-likeness (QED) is 0.113. The first-order valence-corrected chi connectivity index (χ1v) is 24.4. The Labute approximate surface area is 424 Å². The highest BCUT2D eigenvalue weighted by Gasteiger charge is 2.27. The molecule has 4 aliphatic heterocycles. The lowest BCUT2D eigenvalue weighted by Crippen LogP contribution is -2.29. The summed E-state index contributed by atoms with van der Waals surface area (Å²) in [5, 5.41) is 44.7. The lowest BCUT2D eigenvalue weighted by atomic mass is 9.93. The van der Waals surface area contributed by atoms with Gasteiger partial charge in [-0.05, 0) is 72.9 Å². The van der Waals surface area contributed by atoms with Gasteiger partial charge in [0.05, 0.1) is 58.1 Å². The van der Waals surface area contributed by atoms with Crippen molar-refractivity contribution in [2.45, 2.75) is 64.5 Å². The summed E-state index contributed by atoms with van der Waals surface area (Å²) < 4.78 is 3.48. The van der Waals surface area contributed by atoms with E-state index in [0.717, 1.165) is 117 Å². The first kappa shape index (κ1) is 46.9. The number of rotatable bonds is 6. The van der Waals surface area contributed by atoms with Crippen molar-refractivity contribution in [2.24, 2.45) is 0 Å². The molecule has 8 aromatic heterocycles. The van der Waals surface area contributed by atoms with E-state index in [0.29, 0.717) is 59.4 Å². The molecule has 2 amide bonds. The van der Waals surface area contributed by atoms with Crippen LogP contribution in [-0.4, -0.2) is 111 Å². The predicted molar refractivity (Wildman–Crippen MR) is 280 cm³/mol. The lowest BCUT2D eigenvalue weighted by molar-refractivity contribution is -0.131. The van der Waals surface area contributed by atoms with Crippen molar-refractivity contribution in [3.8, 4) is 34.7 Å². The molecular formula is C52H52N20O2. The van der Waals surface area contributed by atoms with E-state index in [1.165, 1.54) is 0 Å². The predicted octanol–water partition coefficient (Wildman–Crippen LogP) is 5.92. The van der Waals surface area contributed by atoms with Crippen molar-refractivity contribution in [3.63, 3.8) is 0 Å². The van der Waals surface area contributed by atoms with E-state index in [9.17, 15) is 20.1 Å². The fourth-order valence-corrected chi connectivity index (χ4v) is 9.99. The third-order valence-electron chi connectivity index (χ3n) is 14.3. The summed E-state index contributed by atoms with van der Waals surface area (Å²) in [6.45, 7) is 7.25. The Morgan fingerprint density at radius 1 is 0.608 bits per heavy atom. The zero-order valence-electron chi connectivity index (χ0n) is 41.2. The fraction of sp³-hybridized carbons (Fsp3) is 0.308. The smallest absolute Gasteiger partial charge is 0.244 e. The normalized spacial score (nSPS) is 16.9. The molecule has 0 saturated heterocycles. The van der Waals surface area contributed by atoms with Gasteiger partial charge in [0.25, 0.3) is 0 Å². The molecule has 0 fully saturated rings. The van der Waals surface area contributed by atoms with E-state index in [1.807, 2.05) is 64.3 Å². The average Bonchev–Trinajstić information content (AvgIpc) is 3.89. The highest BCUT2D eigenvalue weighted by molar-refractivity contribution is 5.96. The lowest BCUT2D eigenvalue weighted by Gasteiger charge is -2.24. The number of aromatic nitrogens is 10. The number of fused-ring (bicyclic) bond motifs is 6. The van der Waals surface area contributed by atoms with Crippen LogP contribution < -0.4 is 32.7 Å². The molecule has 0 radical (unpaired) electrons. The number of carbonyl (C=O) groups excluding carboxylic acids is 2. The van der Waals surface area contributed by atoms with Crippen LogP contribution in [-0.2, 0) is 35.5 Å². The molecule has 12 heterocycles. The SMILES string of the molecule is Cc1c(-c2cc3cc(Nc4cc5n(n4)CC(=O)N(C)CC5)ncc3c(N)n2)cnc2c1NCC[C@@H]2C#N.Cc1c(-c2cc3cc(Nc4cc5n(n4)CC(=O)N(C)CC5)ncc3c(N)n2)cnc2c1NCC[C@H]2C#N. The van der Waals surface area contributed by atoms with Crippen LogP contribution in [0.4, 0.5) is 46.3 Å². The summed E-state index contributed by atoms with van der Waals surface area (Å²) in [6.07, 6.45) is 9.91. The molecule has 4 aliphatic rings. The van der Waals surface area contributed by atoms with Crippen LogP contribution in [0.1, 0.15) is 58.6 Å². The molecule has 8 aromatic rings. The van der Waals surface area contributed by atoms with Gasteiger partial charge >= 0.3 is 0 Å². The number of nitrogens with two attached hydrogens (primary N) is 2. The number of nitrogens with zero attached hydrogens (tertiary/aromatic N) is 14. The standard InChI is InChI=1S/2C26H26N10O/c2*1-14-18(11-31-25-15(10-27)3-5-29-24(14)25)20-7-16-8-21(30-12-19(16)26(28)32-20)33-22-9-17-4-6-35(2)23(37)13-36(17)34-22/h2*7-9,11-12,15,29H,3-6,13H2,1-2H3,(H2,28,32)(H,30,33,34)/t2*15-/m10/s1. The number of nitrogen functional groups attached to an aromatic ring is 2. The maximum atomic E-state index is 12.2. The van der Waals surface area contributed by atoms with Crippen molar-refractivity contribution >= 4 is 79.6 Å². The van der Waals surface area contributed by atoms with E-state index >= 15 is 0 Å². The first-order chi connectivity index (χ1) is 35.8. The van der Waals surface area contributed by atoms with Gasteiger partial charge in [-0.3, -0.25) is 28.9 Å². The zero-order chi connectivity index (χ0) is 51.4. The van der Waals surface area contributed by atoms with Crippen LogP contribution in [0.3, 0.4) is 0 Å². The number of nitrogens with one attached hydrogen (secondary N) is 4. The molecule has 372 valence electrons. The average molecular weight is 989 g/mol. The van der Waals surface area contributed by atoms with Crippen LogP contribution in [0.15, 0.2) is 61.2 Å². The Balaban J connectivity index is 0.000000159. The molecule has 0 aliphatic carbocycles. The number of hydrogen-bond donors (Lipinski definition) is 6. The Morgan fingerprint density at radius 3 is 1.46 bits per heavy atom. The number of nitriles is 2. The molecule has 22 heteroatoms. The molecule has 0 unspecified atom stereocenters. The van der Waals surface area contributed by atoms with Gasteiger partial charge in [-0.1, -0.05) is 0 Å². The van der Waals surface area contributed by atoms with E-state index in [1.54, 1.807) is 44.0 Å². The molecule has 0 aromatic carbocycles. The van der Waals surface area contributed by atoms with Crippen LogP contribution in [0, 0.1) is 36.5 Å². The summed E-state index contributed by atoms with van der Waals surface area (Å²) in [5.41, 5.74) is 23.1. The molecule has 74 heavy (non-hydrogen) atoms. The maximum Gasteiger partial charge on any atom is 0.244 e. The third-order valence-corrected chi connectivity index (χ3v) is 14.3. The second-order valence-electron chi connectivity index (χ2n) is 19.0. The van der Waals surface area contributed by atoms with Gasteiger partial charge in [0.15, 0.2) is 11.6 Å². The Bertz CT molecular complexity index is 3440. The molecule has 2 atom stereocenters. The molecule has 8 N–H and O–H groups in total. The number of amides is 2. The van der Waals surface area contributed by atoms with Crippen molar-refractivity contribution in [2.75, 3.05) is 73.0 Å². The molecule has 12 rings (SSSR count). The summed E-state index contributed by atoms with van der Waals surface area (Å²) in [4.78, 5) is 55.3. The van der Waals surface area contributed by atoms with Gasteiger partial charge in [-0.25, -0.2) is 19.9 Å².